The van der Waals surface area contributed by atoms with Gasteiger partial charge in [-0.15, -0.1) is 10.2 Å². The third-order valence-electron chi connectivity index (χ3n) is 3.76. The van der Waals surface area contributed by atoms with Crippen LogP contribution in [0.1, 0.15) is 49.1 Å². The fraction of sp³-hybridized carbons (Fsp3) is 0.500. The van der Waals surface area contributed by atoms with Crippen LogP contribution in [0.5, 0.6) is 0 Å². The molecule has 3 rings (SSSR count). The van der Waals surface area contributed by atoms with Crippen molar-refractivity contribution in [2.75, 3.05) is 0 Å². The zero-order valence-corrected chi connectivity index (χ0v) is 13.6. The average molecular weight is 341 g/mol. The monoisotopic (exact) mass is 341 g/mol. The standard InChI is InChI=1S/C16H18F3N3S/c1-2-8-22-14(12-6-7-12)20-21-15(22)23-10-11-4-3-5-13(9-11)16(17,18)19/h3-5,9,12H,2,6-8,10H2,1H3. The van der Waals surface area contributed by atoms with Crippen LogP contribution >= 0.6 is 11.8 Å². The van der Waals surface area contributed by atoms with Crippen LogP contribution in [0.4, 0.5) is 13.2 Å². The van der Waals surface area contributed by atoms with Crippen molar-refractivity contribution in [1.82, 2.24) is 14.8 Å². The molecule has 23 heavy (non-hydrogen) atoms. The lowest BCUT2D eigenvalue weighted by molar-refractivity contribution is -0.137. The Morgan fingerprint density at radius 3 is 2.70 bits per heavy atom. The molecule has 0 bridgehead atoms. The van der Waals surface area contributed by atoms with E-state index in [1.54, 1.807) is 6.07 Å². The number of rotatable bonds is 6. The van der Waals surface area contributed by atoms with E-state index in [4.69, 9.17) is 0 Å². The number of nitrogens with zero attached hydrogens (tertiary/aromatic N) is 3. The molecule has 1 saturated carbocycles. The first-order valence-corrected chi connectivity index (χ1v) is 8.69. The molecular formula is C16H18F3N3S. The number of alkyl halides is 3. The van der Waals surface area contributed by atoms with Gasteiger partial charge < -0.3 is 4.57 Å². The Morgan fingerprint density at radius 2 is 2.04 bits per heavy atom. The van der Waals surface area contributed by atoms with Crippen LogP contribution in [-0.2, 0) is 18.5 Å². The molecule has 0 spiro atoms. The van der Waals surface area contributed by atoms with Gasteiger partial charge in [0.1, 0.15) is 5.82 Å². The van der Waals surface area contributed by atoms with Gasteiger partial charge in [0.25, 0.3) is 0 Å². The van der Waals surface area contributed by atoms with Crippen molar-refractivity contribution in [1.29, 1.82) is 0 Å². The summed E-state index contributed by atoms with van der Waals surface area (Å²) in [6, 6.07) is 5.46. The Kier molecular flexibility index (Phi) is 4.66. The fourth-order valence-electron chi connectivity index (χ4n) is 2.47. The first-order valence-electron chi connectivity index (χ1n) is 7.71. The van der Waals surface area contributed by atoms with E-state index in [1.165, 1.54) is 23.9 Å². The predicted octanol–water partition coefficient (Wildman–Crippen LogP) is 4.88. The summed E-state index contributed by atoms with van der Waals surface area (Å²) >= 11 is 1.45. The van der Waals surface area contributed by atoms with Crippen LogP contribution in [0.15, 0.2) is 29.4 Å². The van der Waals surface area contributed by atoms with E-state index in [-0.39, 0.29) is 0 Å². The normalized spacial score (nSPS) is 15.1. The van der Waals surface area contributed by atoms with E-state index in [2.05, 4.69) is 21.7 Å². The summed E-state index contributed by atoms with van der Waals surface area (Å²) in [5.74, 6) is 1.99. The molecule has 0 N–H and O–H groups in total. The molecule has 0 amide bonds. The van der Waals surface area contributed by atoms with E-state index in [1.807, 2.05) is 0 Å². The molecule has 1 aliphatic carbocycles. The highest BCUT2D eigenvalue weighted by Gasteiger charge is 2.31. The fourth-order valence-corrected chi connectivity index (χ4v) is 3.38. The summed E-state index contributed by atoms with van der Waals surface area (Å²) < 4.78 is 40.4. The summed E-state index contributed by atoms with van der Waals surface area (Å²) in [5, 5.41) is 9.31. The largest absolute Gasteiger partial charge is 0.416 e. The van der Waals surface area contributed by atoms with Crippen LogP contribution in [0.2, 0.25) is 0 Å². The highest BCUT2D eigenvalue weighted by molar-refractivity contribution is 7.98. The first-order chi connectivity index (χ1) is 11.0. The molecule has 1 aliphatic rings. The van der Waals surface area contributed by atoms with E-state index in [0.29, 0.717) is 17.2 Å². The van der Waals surface area contributed by atoms with E-state index in [9.17, 15) is 13.2 Å². The summed E-state index contributed by atoms with van der Waals surface area (Å²) in [5.41, 5.74) is 0.0353. The third kappa shape index (κ3) is 3.88. The van der Waals surface area contributed by atoms with Crippen molar-refractivity contribution < 1.29 is 13.2 Å². The molecule has 1 fully saturated rings. The summed E-state index contributed by atoms with van der Waals surface area (Å²) in [6.07, 6.45) is -1.02. The summed E-state index contributed by atoms with van der Waals surface area (Å²) in [6.45, 7) is 2.95. The van der Waals surface area contributed by atoms with Crippen molar-refractivity contribution >= 4 is 11.8 Å². The predicted molar refractivity (Wildman–Crippen MR) is 83.3 cm³/mol. The zero-order chi connectivity index (χ0) is 16.4. The van der Waals surface area contributed by atoms with Gasteiger partial charge in [-0.3, -0.25) is 0 Å². The molecule has 2 aromatic rings. The van der Waals surface area contributed by atoms with Crippen molar-refractivity contribution in [3.8, 4) is 0 Å². The van der Waals surface area contributed by atoms with Crippen LogP contribution in [-0.4, -0.2) is 14.8 Å². The topological polar surface area (TPSA) is 30.7 Å². The van der Waals surface area contributed by atoms with Gasteiger partial charge >= 0.3 is 6.18 Å². The third-order valence-corrected chi connectivity index (χ3v) is 4.80. The number of aromatic nitrogens is 3. The maximum Gasteiger partial charge on any atom is 0.416 e. The summed E-state index contributed by atoms with van der Waals surface area (Å²) in [7, 11) is 0. The minimum atomic E-state index is -4.30. The van der Waals surface area contributed by atoms with Crippen molar-refractivity contribution in [2.24, 2.45) is 0 Å². The maximum atomic E-state index is 12.8. The van der Waals surface area contributed by atoms with Crippen molar-refractivity contribution in [2.45, 2.75) is 55.7 Å². The van der Waals surface area contributed by atoms with Gasteiger partial charge in [-0.05, 0) is 30.9 Å². The minimum Gasteiger partial charge on any atom is -0.306 e. The molecule has 3 nitrogen and oxygen atoms in total. The Bertz CT molecular complexity index is 677. The molecule has 0 radical (unpaired) electrons. The van der Waals surface area contributed by atoms with Crippen LogP contribution in [0.3, 0.4) is 0 Å². The minimum absolute atomic E-state index is 0.455. The van der Waals surface area contributed by atoms with Crippen LogP contribution in [0, 0.1) is 0 Å². The molecule has 0 atom stereocenters. The first kappa shape index (κ1) is 16.4. The molecule has 0 saturated heterocycles. The van der Waals surface area contributed by atoms with E-state index < -0.39 is 11.7 Å². The van der Waals surface area contributed by atoms with Crippen LogP contribution < -0.4 is 0 Å². The number of hydrogen-bond donors (Lipinski definition) is 0. The molecule has 0 aliphatic heterocycles. The highest BCUT2D eigenvalue weighted by atomic mass is 32.2. The molecule has 1 heterocycles. The van der Waals surface area contributed by atoms with Gasteiger partial charge in [0.15, 0.2) is 5.16 Å². The lowest BCUT2D eigenvalue weighted by atomic mass is 10.1. The van der Waals surface area contributed by atoms with Gasteiger partial charge in [0, 0.05) is 18.2 Å². The van der Waals surface area contributed by atoms with E-state index in [0.717, 1.165) is 42.9 Å². The molecular weight excluding hydrogens is 323 g/mol. The maximum absolute atomic E-state index is 12.8. The number of halogens is 3. The summed E-state index contributed by atoms with van der Waals surface area (Å²) in [4.78, 5) is 0. The van der Waals surface area contributed by atoms with Crippen molar-refractivity contribution in [3.63, 3.8) is 0 Å². The Balaban J connectivity index is 1.73. The van der Waals surface area contributed by atoms with E-state index >= 15 is 0 Å². The second-order valence-electron chi connectivity index (χ2n) is 5.75. The molecule has 0 unspecified atom stereocenters. The number of benzene rings is 1. The molecule has 124 valence electrons. The molecule has 1 aromatic carbocycles. The Hall–Kier alpha value is -1.50. The second kappa shape index (κ2) is 6.55. The quantitative estimate of drug-likeness (QED) is 0.702. The number of hydrogen-bond acceptors (Lipinski definition) is 3. The SMILES string of the molecule is CCCn1c(SCc2cccc(C(F)(F)F)c2)nnc1C1CC1. The van der Waals surface area contributed by atoms with Gasteiger partial charge in [0.05, 0.1) is 5.56 Å². The molecule has 1 aromatic heterocycles. The van der Waals surface area contributed by atoms with Gasteiger partial charge in [-0.25, -0.2) is 0 Å². The lowest BCUT2D eigenvalue weighted by Crippen LogP contribution is -2.05. The van der Waals surface area contributed by atoms with Crippen LogP contribution in [0.25, 0.3) is 0 Å². The highest BCUT2D eigenvalue weighted by Crippen LogP contribution is 2.40. The molecule has 7 heteroatoms. The zero-order valence-electron chi connectivity index (χ0n) is 12.8. The average Bonchev–Trinajstić information content (AvgIpc) is 3.28. The lowest BCUT2D eigenvalue weighted by Gasteiger charge is -2.10. The van der Waals surface area contributed by atoms with Gasteiger partial charge in [-0.1, -0.05) is 36.9 Å². The van der Waals surface area contributed by atoms with Gasteiger partial charge in [0.2, 0.25) is 0 Å². The van der Waals surface area contributed by atoms with Crippen molar-refractivity contribution in [3.05, 3.63) is 41.2 Å². The second-order valence-corrected chi connectivity index (χ2v) is 6.70. The Morgan fingerprint density at radius 1 is 1.26 bits per heavy atom. The Labute approximate surface area is 137 Å². The smallest absolute Gasteiger partial charge is 0.306 e. The number of thioether (sulfide) groups is 1. The van der Waals surface area contributed by atoms with Gasteiger partial charge in [-0.2, -0.15) is 13.2 Å².